The summed E-state index contributed by atoms with van der Waals surface area (Å²) >= 11 is 0. The quantitative estimate of drug-likeness (QED) is 0.170. The Kier molecular flexibility index (Phi) is 11.7. The van der Waals surface area contributed by atoms with Crippen molar-refractivity contribution in [1.82, 2.24) is 0 Å². The molecule has 25 unspecified atom stereocenters. The van der Waals surface area contributed by atoms with Gasteiger partial charge in [0.25, 0.3) is 0 Å². The van der Waals surface area contributed by atoms with Gasteiger partial charge in [0.05, 0.1) is 44.2 Å². The van der Waals surface area contributed by atoms with Gasteiger partial charge < -0.3 is 78.7 Å². The molecule has 25 atom stereocenters. The highest BCUT2D eigenvalue weighted by molar-refractivity contribution is 5.17. The number of rotatable bonds is 6. The van der Waals surface area contributed by atoms with E-state index in [1.165, 1.54) is 6.92 Å². The average molecular weight is 841 g/mol. The third kappa shape index (κ3) is 7.02. The van der Waals surface area contributed by atoms with E-state index in [1.807, 2.05) is 0 Å². The van der Waals surface area contributed by atoms with Crippen LogP contribution in [0.25, 0.3) is 0 Å². The third-order valence-electron chi connectivity index (χ3n) is 17.3. The highest BCUT2D eigenvalue weighted by Gasteiger charge is 2.70. The highest BCUT2D eigenvalue weighted by atomic mass is 16.8. The monoisotopic (exact) mass is 840 g/mol. The maximum Gasteiger partial charge on any atom is 0.187 e. The summed E-state index contributed by atoms with van der Waals surface area (Å²) in [6, 6.07) is 0. The van der Waals surface area contributed by atoms with Crippen LogP contribution < -0.4 is 0 Å². The van der Waals surface area contributed by atoms with Crippen LogP contribution in [0, 0.1) is 46.3 Å². The molecule has 9 rings (SSSR count). The Morgan fingerprint density at radius 3 is 2.15 bits per heavy atom. The molecule has 5 saturated heterocycles. The Balaban J connectivity index is 0.988. The van der Waals surface area contributed by atoms with Crippen molar-refractivity contribution in [2.45, 2.75) is 189 Å². The fourth-order valence-electron chi connectivity index (χ4n) is 14.0. The van der Waals surface area contributed by atoms with Gasteiger partial charge >= 0.3 is 0 Å². The van der Waals surface area contributed by atoms with Crippen molar-refractivity contribution < 1.29 is 78.7 Å². The van der Waals surface area contributed by atoms with Gasteiger partial charge in [-0.1, -0.05) is 32.9 Å². The Bertz CT molecular complexity index is 1530. The van der Waals surface area contributed by atoms with Crippen molar-refractivity contribution in [3.63, 3.8) is 0 Å². The summed E-state index contributed by atoms with van der Waals surface area (Å²) in [6.45, 7) is 12.7. The molecule has 4 aliphatic carbocycles. The van der Waals surface area contributed by atoms with Crippen molar-refractivity contribution in [3.05, 3.63) is 12.2 Å². The van der Waals surface area contributed by atoms with E-state index in [-0.39, 0.29) is 47.9 Å². The number of fused-ring (bicyclic) bond motifs is 7. The zero-order chi connectivity index (χ0) is 41.9. The van der Waals surface area contributed by atoms with Gasteiger partial charge in [0.1, 0.15) is 54.9 Å². The molecule has 0 radical (unpaired) electrons. The highest BCUT2D eigenvalue weighted by Crippen LogP contribution is 2.71. The van der Waals surface area contributed by atoms with Crippen molar-refractivity contribution in [1.29, 1.82) is 0 Å². The first-order valence-corrected chi connectivity index (χ1v) is 22.2. The van der Waals surface area contributed by atoms with Gasteiger partial charge in [0.15, 0.2) is 24.7 Å². The zero-order valence-electron chi connectivity index (χ0n) is 34.7. The second-order valence-corrected chi connectivity index (χ2v) is 20.3. The van der Waals surface area contributed by atoms with Crippen LogP contribution in [0.4, 0.5) is 0 Å². The molecule has 336 valence electrons. The van der Waals surface area contributed by atoms with Crippen LogP contribution in [0.15, 0.2) is 12.2 Å². The molecular weight excluding hydrogens is 772 g/mol. The van der Waals surface area contributed by atoms with E-state index >= 15 is 0 Å². The molecule has 0 aromatic heterocycles. The number of hydrogen-bond donors (Lipinski definition) is 8. The number of aliphatic hydroxyl groups excluding tert-OH is 8. The normalized spacial score (nSPS) is 58.8. The van der Waals surface area contributed by atoms with Gasteiger partial charge in [-0.3, -0.25) is 0 Å². The molecular formula is C43H68O16. The first-order valence-electron chi connectivity index (χ1n) is 22.2. The van der Waals surface area contributed by atoms with Crippen LogP contribution in [0.5, 0.6) is 0 Å². The van der Waals surface area contributed by atoms with Crippen LogP contribution >= 0.6 is 0 Å². The Morgan fingerprint density at radius 2 is 1.41 bits per heavy atom. The predicted molar refractivity (Wildman–Crippen MR) is 204 cm³/mol. The molecule has 0 aromatic carbocycles. The maximum absolute atomic E-state index is 11.4. The van der Waals surface area contributed by atoms with Crippen LogP contribution in [0.1, 0.15) is 85.5 Å². The van der Waals surface area contributed by atoms with E-state index in [0.29, 0.717) is 37.2 Å². The van der Waals surface area contributed by atoms with Gasteiger partial charge in [-0.05, 0) is 92.3 Å². The Hall–Kier alpha value is -0.900. The van der Waals surface area contributed by atoms with E-state index < -0.39 is 97.9 Å². The number of aliphatic hydroxyl groups is 8. The maximum atomic E-state index is 11.4. The molecule has 1 spiro atoms. The van der Waals surface area contributed by atoms with Gasteiger partial charge in [0.2, 0.25) is 0 Å². The van der Waals surface area contributed by atoms with E-state index in [4.69, 9.17) is 37.9 Å². The summed E-state index contributed by atoms with van der Waals surface area (Å²) < 4.78 is 50.6. The van der Waals surface area contributed by atoms with Gasteiger partial charge in [0, 0.05) is 18.8 Å². The second-order valence-electron chi connectivity index (χ2n) is 20.3. The van der Waals surface area contributed by atoms with Gasteiger partial charge in [-0.25, -0.2) is 0 Å². The topological polar surface area (TPSA) is 236 Å². The van der Waals surface area contributed by atoms with Gasteiger partial charge in [-0.2, -0.15) is 0 Å². The van der Waals surface area contributed by atoms with Gasteiger partial charge in [-0.15, -0.1) is 0 Å². The lowest BCUT2D eigenvalue weighted by Crippen LogP contribution is -2.65. The molecule has 4 saturated carbocycles. The lowest BCUT2D eigenvalue weighted by molar-refractivity contribution is -0.385. The molecule has 9 fully saturated rings. The van der Waals surface area contributed by atoms with Crippen LogP contribution in [-0.2, 0) is 37.9 Å². The third-order valence-corrected chi connectivity index (χ3v) is 17.3. The molecule has 9 aliphatic rings. The molecule has 59 heavy (non-hydrogen) atoms. The summed E-state index contributed by atoms with van der Waals surface area (Å²) in [5, 5.41) is 86.3. The van der Waals surface area contributed by atoms with Crippen molar-refractivity contribution in [2.24, 2.45) is 46.3 Å². The number of hydrogen-bond acceptors (Lipinski definition) is 16. The van der Waals surface area contributed by atoms with Crippen LogP contribution in [0.3, 0.4) is 0 Å². The molecule has 0 aromatic rings. The lowest BCUT2D eigenvalue weighted by atomic mass is 9.43. The van der Waals surface area contributed by atoms with Crippen molar-refractivity contribution in [2.75, 3.05) is 19.8 Å². The predicted octanol–water partition coefficient (Wildman–Crippen LogP) is 0.463. The minimum Gasteiger partial charge on any atom is -0.393 e. The van der Waals surface area contributed by atoms with E-state index in [1.54, 1.807) is 0 Å². The molecule has 0 bridgehead atoms. The van der Waals surface area contributed by atoms with Crippen molar-refractivity contribution >= 4 is 0 Å². The van der Waals surface area contributed by atoms with Crippen molar-refractivity contribution in [3.8, 4) is 0 Å². The standard InChI is InChI=1S/C43H68O16/c1-18-8-11-43(54-15-18)19(2)30-28(59-43)14-25-23-7-6-21-12-22(44)13-29(42(21,5)24(23)9-10-41(25,30)4)56-40-37(58-39-35(51)33(49)31(47)20(3)55-39)36(27(46)17-53-40)57-38-34(50)32(48)26(45)16-52-38/h19-40,44-51H,1,6-17H2,2-5H3. The SMILES string of the molecule is C=C1CCC2(OC1)OC1CC3C4CCC5CC(O)CC(OC6OCC(O)C(OC7OCC(O)C(O)C7O)C6OC6OC(C)C(O)C(O)C6O)C5(C)C4CCC3(C)C1C2C. The van der Waals surface area contributed by atoms with E-state index in [2.05, 4.69) is 27.4 Å². The molecule has 8 N–H and O–H groups in total. The van der Waals surface area contributed by atoms with E-state index in [0.717, 1.165) is 50.5 Å². The molecule has 16 nitrogen and oxygen atoms in total. The molecule has 5 aliphatic heterocycles. The summed E-state index contributed by atoms with van der Waals surface area (Å²) in [7, 11) is 0. The summed E-state index contributed by atoms with van der Waals surface area (Å²) in [4.78, 5) is 0. The summed E-state index contributed by atoms with van der Waals surface area (Å²) in [5.74, 6) is 1.38. The molecule has 0 amide bonds. The minimum absolute atomic E-state index is 0.0812. The van der Waals surface area contributed by atoms with Crippen LogP contribution in [0.2, 0.25) is 0 Å². The Morgan fingerprint density at radius 1 is 0.695 bits per heavy atom. The van der Waals surface area contributed by atoms with E-state index in [9.17, 15) is 40.9 Å². The smallest absolute Gasteiger partial charge is 0.187 e. The second kappa shape index (κ2) is 16.0. The zero-order valence-corrected chi connectivity index (χ0v) is 34.7. The fraction of sp³-hybridized carbons (Fsp3) is 0.953. The largest absolute Gasteiger partial charge is 0.393 e. The summed E-state index contributed by atoms with van der Waals surface area (Å²) in [5.41, 5.74) is 0.812. The molecule has 16 heteroatoms. The first-order chi connectivity index (χ1) is 28.0. The van der Waals surface area contributed by atoms with Crippen LogP contribution in [-0.4, -0.2) is 165 Å². The Labute approximate surface area is 346 Å². The average Bonchev–Trinajstić information content (AvgIpc) is 3.65. The lowest BCUT2D eigenvalue weighted by Gasteiger charge is -2.63. The summed E-state index contributed by atoms with van der Waals surface area (Å²) in [6.07, 6.45) is -12.0. The fourth-order valence-corrected chi connectivity index (χ4v) is 14.0. The molecule has 5 heterocycles. The number of ether oxygens (including phenoxy) is 8. The first kappa shape index (κ1) is 43.4. The minimum atomic E-state index is -1.71.